The van der Waals surface area contributed by atoms with Crippen LogP contribution in [-0.4, -0.2) is 67.7 Å². The molecule has 0 aromatic carbocycles. The second-order valence-electron chi connectivity index (χ2n) is 6.72. The van der Waals surface area contributed by atoms with Crippen LogP contribution in [0, 0.1) is 5.92 Å². The fraction of sp³-hybridized carbons (Fsp3) is 0.667. The molecule has 0 bridgehead atoms. The summed E-state index contributed by atoms with van der Waals surface area (Å²) in [5, 5.41) is 2.71. The van der Waals surface area contributed by atoms with Crippen LogP contribution in [0.15, 0.2) is 11.0 Å². The number of nitrogens with one attached hydrogen (secondary N) is 2. The zero-order valence-electron chi connectivity index (χ0n) is 14.2. The predicted molar refractivity (Wildman–Crippen MR) is 89.9 cm³/mol. The van der Waals surface area contributed by atoms with Gasteiger partial charge in [0.15, 0.2) is 0 Å². The molecule has 2 fully saturated rings. The van der Waals surface area contributed by atoms with E-state index in [2.05, 4.69) is 15.3 Å². The third-order valence-corrected chi connectivity index (χ3v) is 6.49. The smallest absolute Gasteiger partial charge is 0.263 e. The Morgan fingerprint density at radius 1 is 1.40 bits per heavy atom. The second kappa shape index (κ2) is 6.85. The van der Waals surface area contributed by atoms with Gasteiger partial charge in [-0.15, -0.1) is 0 Å². The average Bonchev–Trinajstić information content (AvgIpc) is 3.30. The molecule has 1 aromatic rings. The summed E-state index contributed by atoms with van der Waals surface area (Å²) in [6.45, 7) is 0.456. The van der Waals surface area contributed by atoms with Crippen molar-refractivity contribution in [2.75, 3.05) is 33.1 Å². The van der Waals surface area contributed by atoms with Crippen LogP contribution in [0.2, 0.25) is 0 Å². The second-order valence-corrected chi connectivity index (χ2v) is 8.95. The standard InChI is InChI=1S/C15H22N4O5S/c1-19(2)25(22,23)8-10-6-24-7-12(10)17-14(20)11-5-16-13(9-3-4-9)18-15(11)21/h5,9-10,12H,3-4,6-8H2,1-2H3,(H,17,20)(H,16,18,21)/t10-,12+/m0/s1. The summed E-state index contributed by atoms with van der Waals surface area (Å²) in [7, 11) is -0.482. The molecule has 2 heterocycles. The summed E-state index contributed by atoms with van der Waals surface area (Å²) in [5.74, 6) is -0.164. The highest BCUT2D eigenvalue weighted by Crippen LogP contribution is 2.37. The average molecular weight is 370 g/mol. The highest BCUT2D eigenvalue weighted by atomic mass is 32.2. The Morgan fingerprint density at radius 3 is 2.72 bits per heavy atom. The lowest BCUT2D eigenvalue weighted by molar-refractivity contribution is 0.0924. The van der Waals surface area contributed by atoms with Crippen molar-refractivity contribution in [3.8, 4) is 0 Å². The van der Waals surface area contributed by atoms with Crippen molar-refractivity contribution >= 4 is 15.9 Å². The zero-order chi connectivity index (χ0) is 18.2. The van der Waals surface area contributed by atoms with Crippen LogP contribution in [0.25, 0.3) is 0 Å². The van der Waals surface area contributed by atoms with E-state index < -0.39 is 27.5 Å². The first-order valence-corrected chi connectivity index (χ1v) is 9.77. The highest BCUT2D eigenvalue weighted by Gasteiger charge is 2.35. The first-order valence-electron chi connectivity index (χ1n) is 8.16. The molecule has 25 heavy (non-hydrogen) atoms. The summed E-state index contributed by atoms with van der Waals surface area (Å²) in [6.07, 6.45) is 3.27. The number of aromatic amines is 1. The summed E-state index contributed by atoms with van der Waals surface area (Å²) in [6, 6.07) is -0.468. The molecule has 1 saturated heterocycles. The topological polar surface area (TPSA) is 121 Å². The number of hydrogen-bond acceptors (Lipinski definition) is 6. The van der Waals surface area contributed by atoms with Crippen molar-refractivity contribution in [2.45, 2.75) is 24.8 Å². The minimum absolute atomic E-state index is 0.0782. The number of rotatable bonds is 6. The number of ether oxygens (including phenoxy) is 1. The lowest BCUT2D eigenvalue weighted by Crippen LogP contribution is -2.44. The molecular weight excluding hydrogens is 348 g/mol. The van der Waals surface area contributed by atoms with Gasteiger partial charge in [-0.05, 0) is 12.8 Å². The Bertz CT molecular complexity index is 815. The summed E-state index contributed by atoms with van der Waals surface area (Å²) >= 11 is 0. The van der Waals surface area contributed by atoms with Crippen LogP contribution < -0.4 is 10.9 Å². The molecular formula is C15H22N4O5S. The molecule has 1 aromatic heterocycles. The molecule has 0 spiro atoms. The van der Waals surface area contributed by atoms with Gasteiger partial charge in [0.25, 0.3) is 11.5 Å². The third-order valence-electron chi connectivity index (χ3n) is 4.52. The van der Waals surface area contributed by atoms with E-state index in [0.717, 1.165) is 17.1 Å². The molecule has 3 rings (SSSR count). The molecule has 1 saturated carbocycles. The van der Waals surface area contributed by atoms with Gasteiger partial charge in [-0.3, -0.25) is 9.59 Å². The highest BCUT2D eigenvalue weighted by molar-refractivity contribution is 7.89. The Balaban J connectivity index is 1.68. The number of hydrogen-bond donors (Lipinski definition) is 2. The van der Waals surface area contributed by atoms with E-state index >= 15 is 0 Å². The monoisotopic (exact) mass is 370 g/mol. The van der Waals surface area contributed by atoms with Crippen LogP contribution in [-0.2, 0) is 14.8 Å². The molecule has 9 nitrogen and oxygen atoms in total. The maximum atomic E-state index is 12.4. The van der Waals surface area contributed by atoms with Crippen LogP contribution in [0.4, 0.5) is 0 Å². The molecule has 1 aliphatic carbocycles. The molecule has 0 unspecified atom stereocenters. The predicted octanol–water partition coefficient (Wildman–Crippen LogP) is -0.716. The minimum Gasteiger partial charge on any atom is -0.379 e. The minimum atomic E-state index is -3.41. The molecule has 2 atom stereocenters. The van der Waals surface area contributed by atoms with Gasteiger partial charge in [-0.2, -0.15) is 0 Å². The maximum Gasteiger partial charge on any atom is 0.263 e. The molecule has 2 N–H and O–H groups in total. The zero-order valence-corrected chi connectivity index (χ0v) is 15.0. The normalized spacial score (nSPS) is 23.8. The largest absolute Gasteiger partial charge is 0.379 e. The van der Waals surface area contributed by atoms with E-state index in [1.165, 1.54) is 20.3 Å². The lowest BCUT2D eigenvalue weighted by Gasteiger charge is -2.20. The SMILES string of the molecule is CN(C)S(=O)(=O)C[C@@H]1COC[C@H]1NC(=O)c1cnc(C2CC2)[nH]c1=O. The van der Waals surface area contributed by atoms with Gasteiger partial charge >= 0.3 is 0 Å². The third kappa shape index (κ3) is 4.07. The van der Waals surface area contributed by atoms with E-state index in [0.29, 0.717) is 5.82 Å². The van der Waals surface area contributed by atoms with Gasteiger partial charge in [0.1, 0.15) is 11.4 Å². The summed E-state index contributed by atoms with van der Waals surface area (Å²) in [5.41, 5.74) is -0.559. The Morgan fingerprint density at radius 2 is 2.12 bits per heavy atom. The maximum absolute atomic E-state index is 12.4. The quantitative estimate of drug-likeness (QED) is 0.682. The van der Waals surface area contributed by atoms with Crippen LogP contribution >= 0.6 is 0 Å². The van der Waals surface area contributed by atoms with Gasteiger partial charge in [0.2, 0.25) is 10.0 Å². The van der Waals surface area contributed by atoms with Gasteiger partial charge in [-0.25, -0.2) is 17.7 Å². The van der Waals surface area contributed by atoms with Gasteiger partial charge < -0.3 is 15.0 Å². The number of amides is 1. The molecule has 0 radical (unpaired) electrons. The van der Waals surface area contributed by atoms with Crippen molar-refractivity contribution in [3.63, 3.8) is 0 Å². The van der Waals surface area contributed by atoms with Crippen molar-refractivity contribution in [2.24, 2.45) is 5.92 Å². The van der Waals surface area contributed by atoms with Crippen molar-refractivity contribution in [1.82, 2.24) is 19.6 Å². The van der Waals surface area contributed by atoms with Crippen LogP contribution in [0.5, 0.6) is 0 Å². The van der Waals surface area contributed by atoms with E-state index in [-0.39, 0.29) is 36.4 Å². The number of aromatic nitrogens is 2. The van der Waals surface area contributed by atoms with Crippen LogP contribution in [0.1, 0.15) is 34.9 Å². The molecule has 1 amide bonds. The fourth-order valence-corrected chi connectivity index (χ4v) is 3.89. The van der Waals surface area contributed by atoms with Gasteiger partial charge in [0.05, 0.1) is 25.0 Å². The first-order chi connectivity index (χ1) is 11.8. The molecule has 2 aliphatic rings. The van der Waals surface area contributed by atoms with Crippen molar-refractivity contribution in [3.05, 3.63) is 27.9 Å². The number of H-pyrrole nitrogens is 1. The first kappa shape index (κ1) is 18.0. The van der Waals surface area contributed by atoms with E-state index in [4.69, 9.17) is 4.74 Å². The Hall–Kier alpha value is -1.78. The summed E-state index contributed by atoms with van der Waals surface area (Å²) < 4.78 is 30.6. The molecule has 1 aliphatic heterocycles. The fourth-order valence-electron chi connectivity index (χ4n) is 2.72. The van der Waals surface area contributed by atoms with Gasteiger partial charge in [-0.1, -0.05) is 0 Å². The van der Waals surface area contributed by atoms with E-state index in [1.54, 1.807) is 0 Å². The number of carbonyl (C=O) groups is 1. The Labute approximate surface area is 145 Å². The molecule has 10 heteroatoms. The van der Waals surface area contributed by atoms with E-state index in [9.17, 15) is 18.0 Å². The van der Waals surface area contributed by atoms with Crippen molar-refractivity contribution < 1.29 is 17.9 Å². The number of nitrogens with zero attached hydrogens (tertiary/aromatic N) is 2. The van der Waals surface area contributed by atoms with Crippen molar-refractivity contribution in [1.29, 1.82) is 0 Å². The van der Waals surface area contributed by atoms with E-state index in [1.807, 2.05) is 0 Å². The van der Waals surface area contributed by atoms with Gasteiger partial charge in [0, 0.05) is 32.1 Å². The summed E-state index contributed by atoms with van der Waals surface area (Å²) in [4.78, 5) is 31.3. The Kier molecular flexibility index (Phi) is 4.94. The van der Waals surface area contributed by atoms with Crippen LogP contribution in [0.3, 0.4) is 0 Å². The number of carbonyl (C=O) groups excluding carboxylic acids is 1. The lowest BCUT2D eigenvalue weighted by atomic mass is 10.1. The molecule has 138 valence electrons. The number of sulfonamides is 1.